The summed E-state index contributed by atoms with van der Waals surface area (Å²) in [6.07, 6.45) is 2.71. The third-order valence-corrected chi connectivity index (χ3v) is 3.66. The second-order valence-corrected chi connectivity index (χ2v) is 4.93. The lowest BCUT2D eigenvalue weighted by molar-refractivity contribution is 0.161. The quantitative estimate of drug-likeness (QED) is 0.918. The highest BCUT2D eigenvalue weighted by Gasteiger charge is 2.26. The molecule has 106 valence electrons. The van der Waals surface area contributed by atoms with Crippen molar-refractivity contribution in [1.82, 2.24) is 10.1 Å². The van der Waals surface area contributed by atoms with Gasteiger partial charge in [0.15, 0.2) is 11.6 Å². The van der Waals surface area contributed by atoms with Gasteiger partial charge < -0.3 is 9.84 Å². The topological polar surface area (TPSA) is 47.2 Å². The predicted octanol–water partition coefficient (Wildman–Crippen LogP) is 2.39. The molecule has 1 N–H and O–H groups in total. The van der Waals surface area contributed by atoms with Gasteiger partial charge in [-0.3, -0.25) is 4.79 Å². The van der Waals surface area contributed by atoms with E-state index in [-0.39, 0.29) is 17.6 Å². The van der Waals surface area contributed by atoms with Gasteiger partial charge in [-0.05, 0) is 37.1 Å². The highest BCUT2D eigenvalue weighted by Crippen LogP contribution is 2.30. The fourth-order valence-corrected chi connectivity index (χ4v) is 2.64. The molecule has 20 heavy (non-hydrogen) atoms. The molecule has 3 rings (SSSR count). The summed E-state index contributed by atoms with van der Waals surface area (Å²) in [6, 6.07) is 5.05. The summed E-state index contributed by atoms with van der Waals surface area (Å²) in [6.45, 7) is 0.682. The van der Waals surface area contributed by atoms with E-state index in [1.165, 1.54) is 23.1 Å². The Bertz CT molecular complexity index is 665. The maximum atomic E-state index is 13.3. The third-order valence-electron chi connectivity index (χ3n) is 3.66. The van der Waals surface area contributed by atoms with E-state index in [1.807, 2.05) is 0 Å². The average Bonchev–Trinajstić information content (AvgIpc) is 2.88. The van der Waals surface area contributed by atoms with Crippen molar-refractivity contribution >= 4 is 0 Å². The Labute approximate surface area is 114 Å². The van der Waals surface area contributed by atoms with Crippen LogP contribution in [0.3, 0.4) is 0 Å². The summed E-state index contributed by atoms with van der Waals surface area (Å²) in [5, 5.41) is 3.25. The highest BCUT2D eigenvalue weighted by atomic mass is 19.2. The summed E-state index contributed by atoms with van der Waals surface area (Å²) in [5.41, 5.74) is 0.495. The van der Waals surface area contributed by atoms with Crippen LogP contribution >= 0.6 is 0 Å². The van der Waals surface area contributed by atoms with E-state index >= 15 is 0 Å². The molecule has 0 aliphatic carbocycles. The number of hydrogen-bond donors (Lipinski definition) is 1. The van der Waals surface area contributed by atoms with Crippen molar-refractivity contribution in [2.75, 3.05) is 6.54 Å². The number of nitrogens with one attached hydrogen (secondary N) is 1. The van der Waals surface area contributed by atoms with Crippen LogP contribution in [-0.2, 0) is 0 Å². The zero-order valence-corrected chi connectivity index (χ0v) is 10.7. The maximum Gasteiger partial charge on any atom is 0.282 e. The van der Waals surface area contributed by atoms with Crippen LogP contribution in [0.2, 0.25) is 0 Å². The molecular formula is C14H14F2N2O2. The Kier molecular flexibility index (Phi) is 3.40. The summed E-state index contributed by atoms with van der Waals surface area (Å²) in [5.74, 6) is -1.72. The monoisotopic (exact) mass is 280 g/mol. The van der Waals surface area contributed by atoms with E-state index in [0.29, 0.717) is 18.5 Å². The molecule has 0 radical (unpaired) electrons. The molecule has 1 aliphatic rings. The molecule has 2 heterocycles. The molecule has 0 amide bonds. The van der Waals surface area contributed by atoms with Crippen LogP contribution in [0.1, 0.15) is 30.5 Å². The predicted molar refractivity (Wildman–Crippen MR) is 68.3 cm³/mol. The normalized spacial score (nSPS) is 22.9. The Morgan fingerprint density at radius 1 is 1.25 bits per heavy atom. The lowest BCUT2D eigenvalue weighted by atomic mass is 9.94. The second kappa shape index (κ2) is 5.20. The fourth-order valence-electron chi connectivity index (χ4n) is 2.64. The van der Waals surface area contributed by atoms with Crippen LogP contribution in [0.5, 0.6) is 0 Å². The smallest absolute Gasteiger partial charge is 0.282 e. The van der Waals surface area contributed by atoms with Crippen LogP contribution < -0.4 is 10.9 Å². The van der Waals surface area contributed by atoms with Gasteiger partial charge in [0, 0.05) is 12.1 Å². The van der Waals surface area contributed by atoms with Gasteiger partial charge >= 0.3 is 0 Å². The van der Waals surface area contributed by atoms with Crippen LogP contribution in [0.25, 0.3) is 0 Å². The van der Waals surface area contributed by atoms with Gasteiger partial charge in [-0.15, -0.1) is 0 Å². The highest BCUT2D eigenvalue weighted by molar-refractivity contribution is 5.22. The Hall–Kier alpha value is -1.95. The minimum absolute atomic E-state index is 0.0723. The zero-order chi connectivity index (χ0) is 14.1. The number of benzene rings is 1. The van der Waals surface area contributed by atoms with Gasteiger partial charge in [-0.2, -0.15) is 4.74 Å². The Morgan fingerprint density at radius 3 is 2.80 bits per heavy atom. The SMILES string of the molecule is O=c1ccon1[C@H]1CCN[C@@H](c2ccc(F)c(F)c2)C1. The maximum absolute atomic E-state index is 13.3. The summed E-state index contributed by atoms with van der Waals surface area (Å²) in [4.78, 5) is 11.6. The van der Waals surface area contributed by atoms with Crippen LogP contribution in [-0.4, -0.2) is 11.3 Å². The van der Waals surface area contributed by atoms with Gasteiger partial charge in [0.1, 0.15) is 6.26 Å². The number of piperidine rings is 1. The molecule has 1 saturated heterocycles. The molecule has 0 unspecified atom stereocenters. The van der Waals surface area contributed by atoms with Crippen molar-refractivity contribution in [3.8, 4) is 0 Å². The number of aromatic nitrogens is 1. The van der Waals surface area contributed by atoms with Gasteiger partial charge in [0.2, 0.25) is 0 Å². The molecule has 0 saturated carbocycles. The van der Waals surface area contributed by atoms with E-state index in [4.69, 9.17) is 4.52 Å². The molecule has 0 bridgehead atoms. The van der Waals surface area contributed by atoms with Crippen molar-refractivity contribution in [2.45, 2.75) is 24.9 Å². The van der Waals surface area contributed by atoms with Gasteiger partial charge in [-0.25, -0.2) is 8.78 Å². The van der Waals surface area contributed by atoms with E-state index in [0.717, 1.165) is 12.5 Å². The Balaban J connectivity index is 1.83. The molecule has 0 spiro atoms. The van der Waals surface area contributed by atoms with E-state index in [2.05, 4.69) is 5.32 Å². The van der Waals surface area contributed by atoms with Crippen molar-refractivity contribution in [1.29, 1.82) is 0 Å². The standard InChI is InChI=1S/C14H14F2N2O2/c15-11-2-1-9(7-12(11)16)13-8-10(3-5-17-13)18-14(19)4-6-20-18/h1-2,4,6-7,10,13,17H,3,5,8H2/t10-,13+/m0/s1. The summed E-state index contributed by atoms with van der Waals surface area (Å²) >= 11 is 0. The summed E-state index contributed by atoms with van der Waals surface area (Å²) < 4.78 is 32.8. The molecule has 4 nitrogen and oxygen atoms in total. The largest absolute Gasteiger partial charge is 0.384 e. The lowest BCUT2D eigenvalue weighted by Crippen LogP contribution is -2.35. The second-order valence-electron chi connectivity index (χ2n) is 4.93. The number of rotatable bonds is 2. The van der Waals surface area contributed by atoms with E-state index in [9.17, 15) is 13.6 Å². The average molecular weight is 280 g/mol. The molecule has 6 heteroatoms. The molecule has 1 aromatic heterocycles. The van der Waals surface area contributed by atoms with Crippen LogP contribution in [0.15, 0.2) is 39.8 Å². The lowest BCUT2D eigenvalue weighted by Gasteiger charge is -2.30. The Morgan fingerprint density at radius 2 is 2.10 bits per heavy atom. The minimum atomic E-state index is -0.860. The van der Waals surface area contributed by atoms with Crippen molar-refractivity contribution in [2.24, 2.45) is 0 Å². The van der Waals surface area contributed by atoms with Gasteiger partial charge in [0.25, 0.3) is 5.56 Å². The number of hydrogen-bond acceptors (Lipinski definition) is 3. The fraction of sp³-hybridized carbons (Fsp3) is 0.357. The molecule has 2 aromatic rings. The van der Waals surface area contributed by atoms with E-state index < -0.39 is 11.6 Å². The zero-order valence-electron chi connectivity index (χ0n) is 10.7. The van der Waals surface area contributed by atoms with Crippen molar-refractivity contribution < 1.29 is 13.3 Å². The first-order valence-corrected chi connectivity index (χ1v) is 6.50. The third kappa shape index (κ3) is 2.38. The first-order valence-electron chi connectivity index (χ1n) is 6.50. The molecule has 1 aromatic carbocycles. The van der Waals surface area contributed by atoms with Gasteiger partial charge in [-0.1, -0.05) is 6.07 Å². The number of nitrogens with zero attached hydrogens (tertiary/aromatic N) is 1. The minimum Gasteiger partial charge on any atom is -0.384 e. The summed E-state index contributed by atoms with van der Waals surface area (Å²) in [7, 11) is 0. The molecular weight excluding hydrogens is 266 g/mol. The van der Waals surface area contributed by atoms with Crippen LogP contribution in [0.4, 0.5) is 8.78 Å². The van der Waals surface area contributed by atoms with Gasteiger partial charge in [0.05, 0.1) is 6.04 Å². The van der Waals surface area contributed by atoms with Crippen molar-refractivity contribution in [3.05, 3.63) is 58.1 Å². The number of halogens is 2. The van der Waals surface area contributed by atoms with Crippen molar-refractivity contribution in [3.63, 3.8) is 0 Å². The first kappa shape index (κ1) is 13.1. The molecule has 2 atom stereocenters. The van der Waals surface area contributed by atoms with Crippen LogP contribution in [0, 0.1) is 11.6 Å². The first-order chi connectivity index (χ1) is 9.65. The molecule has 1 aliphatic heterocycles. The molecule has 1 fully saturated rings. The van der Waals surface area contributed by atoms with E-state index in [1.54, 1.807) is 6.07 Å².